The number of fused-ring (bicyclic) bond motifs is 1. The molecule has 3 rings (SSSR count). The molecule has 23 heavy (non-hydrogen) atoms. The van der Waals surface area contributed by atoms with Crippen molar-refractivity contribution in [3.05, 3.63) is 29.0 Å². The van der Waals surface area contributed by atoms with Gasteiger partial charge in [-0.25, -0.2) is 9.78 Å². The number of likely N-dealkylation sites (tertiary alicyclic amines) is 1. The Morgan fingerprint density at radius 1 is 1.43 bits per heavy atom. The topological polar surface area (TPSA) is 58.2 Å². The molecule has 1 aliphatic heterocycles. The number of nitrogens with one attached hydrogen (secondary N) is 1. The van der Waals surface area contributed by atoms with E-state index in [1.807, 2.05) is 26.8 Å². The molecule has 1 N–H and O–H groups in total. The summed E-state index contributed by atoms with van der Waals surface area (Å²) >= 11 is 5.94. The number of rotatable bonds is 1. The first kappa shape index (κ1) is 16.1. The largest absolute Gasteiger partial charge is 0.444 e. The number of piperidine rings is 1. The van der Waals surface area contributed by atoms with Crippen molar-refractivity contribution in [2.45, 2.75) is 45.1 Å². The van der Waals surface area contributed by atoms with Crippen molar-refractivity contribution in [1.29, 1.82) is 0 Å². The Hall–Kier alpha value is -1.75. The van der Waals surface area contributed by atoms with Crippen molar-refractivity contribution >= 4 is 28.7 Å². The Labute approximate surface area is 141 Å². The predicted octanol–water partition coefficient (Wildman–Crippen LogP) is 4.33. The van der Waals surface area contributed by atoms with E-state index in [0.717, 1.165) is 36.1 Å². The summed E-state index contributed by atoms with van der Waals surface area (Å²) in [5.74, 6) is 0.268. The van der Waals surface area contributed by atoms with Gasteiger partial charge in [-0.1, -0.05) is 11.6 Å². The molecule has 0 radical (unpaired) electrons. The van der Waals surface area contributed by atoms with E-state index in [1.165, 1.54) is 0 Å². The van der Waals surface area contributed by atoms with Crippen molar-refractivity contribution in [2.24, 2.45) is 0 Å². The molecule has 0 aromatic carbocycles. The third kappa shape index (κ3) is 3.78. The first-order chi connectivity index (χ1) is 10.8. The van der Waals surface area contributed by atoms with E-state index in [0.29, 0.717) is 11.7 Å². The number of pyridine rings is 1. The molecular formula is C17H22ClN3O2. The molecule has 5 nitrogen and oxygen atoms in total. The minimum Gasteiger partial charge on any atom is -0.444 e. The van der Waals surface area contributed by atoms with E-state index in [9.17, 15) is 4.79 Å². The number of aromatic nitrogens is 2. The first-order valence-corrected chi connectivity index (χ1v) is 8.33. The normalized spacial score (nSPS) is 19.1. The number of nitrogens with zero attached hydrogens (tertiary/aromatic N) is 2. The van der Waals surface area contributed by atoms with E-state index in [4.69, 9.17) is 16.3 Å². The SMILES string of the molecule is CC(C)(C)OC(=O)N1CCC[C@@H](c2cc3ccc(Cl)nc3[nH]2)C1. The second-order valence-corrected chi connectivity index (χ2v) is 7.45. The van der Waals surface area contributed by atoms with E-state index in [1.54, 1.807) is 11.0 Å². The molecule has 0 saturated carbocycles. The van der Waals surface area contributed by atoms with Gasteiger partial charge in [0.15, 0.2) is 0 Å². The molecule has 2 aromatic heterocycles. The minimum atomic E-state index is -0.466. The summed E-state index contributed by atoms with van der Waals surface area (Å²) in [4.78, 5) is 21.7. The molecule has 1 amide bonds. The quantitative estimate of drug-likeness (QED) is 0.789. The lowest BCUT2D eigenvalue weighted by molar-refractivity contribution is 0.0197. The van der Waals surface area contributed by atoms with Gasteiger partial charge < -0.3 is 14.6 Å². The monoisotopic (exact) mass is 335 g/mol. The lowest BCUT2D eigenvalue weighted by Crippen LogP contribution is -2.42. The van der Waals surface area contributed by atoms with E-state index >= 15 is 0 Å². The van der Waals surface area contributed by atoms with E-state index in [2.05, 4.69) is 16.0 Å². The maximum absolute atomic E-state index is 12.3. The van der Waals surface area contributed by atoms with Crippen LogP contribution >= 0.6 is 11.6 Å². The van der Waals surface area contributed by atoms with Crippen LogP contribution in [-0.4, -0.2) is 39.7 Å². The fraction of sp³-hybridized carbons (Fsp3) is 0.529. The summed E-state index contributed by atoms with van der Waals surface area (Å²) in [5, 5.41) is 1.52. The lowest BCUT2D eigenvalue weighted by Gasteiger charge is -2.33. The van der Waals surface area contributed by atoms with Gasteiger partial charge in [-0.2, -0.15) is 0 Å². The first-order valence-electron chi connectivity index (χ1n) is 7.95. The number of hydrogen-bond donors (Lipinski definition) is 1. The molecule has 1 fully saturated rings. The highest BCUT2D eigenvalue weighted by Gasteiger charge is 2.29. The molecule has 1 atom stereocenters. The number of H-pyrrole nitrogens is 1. The van der Waals surface area contributed by atoms with Gasteiger partial charge in [0.25, 0.3) is 0 Å². The number of halogens is 1. The number of aromatic amines is 1. The Morgan fingerprint density at radius 2 is 2.22 bits per heavy atom. The molecule has 1 aliphatic rings. The number of ether oxygens (including phenoxy) is 1. The van der Waals surface area contributed by atoms with Crippen molar-refractivity contribution in [3.63, 3.8) is 0 Å². The smallest absolute Gasteiger partial charge is 0.410 e. The summed E-state index contributed by atoms with van der Waals surface area (Å²) in [6.07, 6.45) is 1.77. The van der Waals surface area contributed by atoms with Gasteiger partial charge in [-0.3, -0.25) is 0 Å². The van der Waals surface area contributed by atoms with Gasteiger partial charge in [0.05, 0.1) is 0 Å². The van der Waals surface area contributed by atoms with Crippen LogP contribution in [0.5, 0.6) is 0 Å². The highest BCUT2D eigenvalue weighted by Crippen LogP contribution is 2.29. The molecule has 0 unspecified atom stereocenters. The van der Waals surface area contributed by atoms with Gasteiger partial charge in [-0.15, -0.1) is 0 Å². The Kier molecular flexibility index (Phi) is 4.23. The zero-order chi connectivity index (χ0) is 16.6. The predicted molar refractivity (Wildman–Crippen MR) is 90.9 cm³/mol. The average Bonchev–Trinajstić information content (AvgIpc) is 2.88. The van der Waals surface area contributed by atoms with E-state index in [-0.39, 0.29) is 12.0 Å². The van der Waals surface area contributed by atoms with E-state index < -0.39 is 5.60 Å². The Balaban J connectivity index is 1.75. The molecule has 0 spiro atoms. The second kappa shape index (κ2) is 6.04. The van der Waals surface area contributed by atoms with Gasteiger partial charge in [0.1, 0.15) is 16.4 Å². The molecule has 124 valence electrons. The molecule has 0 bridgehead atoms. The summed E-state index contributed by atoms with van der Waals surface area (Å²) in [5.41, 5.74) is 1.43. The Morgan fingerprint density at radius 3 is 2.96 bits per heavy atom. The number of carbonyl (C=O) groups is 1. The molecule has 2 aromatic rings. The lowest BCUT2D eigenvalue weighted by atomic mass is 9.95. The van der Waals surface area contributed by atoms with Crippen molar-refractivity contribution < 1.29 is 9.53 Å². The molecule has 0 aliphatic carbocycles. The van der Waals surface area contributed by atoms with Crippen LogP contribution in [0, 0.1) is 0 Å². The van der Waals surface area contributed by atoms with Gasteiger partial charge in [0.2, 0.25) is 0 Å². The van der Waals surface area contributed by atoms with Crippen LogP contribution in [0.3, 0.4) is 0 Å². The van der Waals surface area contributed by atoms with Crippen molar-refractivity contribution in [1.82, 2.24) is 14.9 Å². The van der Waals surface area contributed by atoms with Crippen LogP contribution in [0.2, 0.25) is 5.15 Å². The number of carbonyl (C=O) groups excluding carboxylic acids is 1. The highest BCUT2D eigenvalue weighted by atomic mass is 35.5. The maximum Gasteiger partial charge on any atom is 0.410 e. The minimum absolute atomic E-state index is 0.237. The van der Waals surface area contributed by atoms with Crippen LogP contribution in [0.4, 0.5) is 4.79 Å². The summed E-state index contributed by atoms with van der Waals surface area (Å²) in [6.45, 7) is 7.07. The third-order valence-electron chi connectivity index (χ3n) is 3.98. The highest BCUT2D eigenvalue weighted by molar-refractivity contribution is 6.29. The third-order valence-corrected chi connectivity index (χ3v) is 4.19. The number of amides is 1. The standard InChI is InChI=1S/C17H22ClN3O2/c1-17(2,3)23-16(22)21-8-4-5-12(10-21)13-9-11-6-7-14(18)20-15(11)19-13/h6-7,9,12H,4-5,8,10H2,1-3H3,(H,19,20)/t12-/m1/s1. The summed E-state index contributed by atoms with van der Waals surface area (Å²) in [6, 6.07) is 5.84. The average molecular weight is 336 g/mol. The number of hydrogen-bond acceptors (Lipinski definition) is 3. The molecule has 1 saturated heterocycles. The van der Waals surface area contributed by atoms with Crippen LogP contribution in [0.25, 0.3) is 11.0 Å². The molecular weight excluding hydrogens is 314 g/mol. The summed E-state index contributed by atoms with van der Waals surface area (Å²) < 4.78 is 5.48. The van der Waals surface area contributed by atoms with Crippen molar-refractivity contribution in [2.75, 3.05) is 13.1 Å². The zero-order valence-corrected chi connectivity index (χ0v) is 14.5. The van der Waals surface area contributed by atoms with Crippen LogP contribution < -0.4 is 0 Å². The fourth-order valence-electron chi connectivity index (χ4n) is 2.95. The second-order valence-electron chi connectivity index (χ2n) is 7.06. The fourth-order valence-corrected chi connectivity index (χ4v) is 3.09. The van der Waals surface area contributed by atoms with Gasteiger partial charge >= 0.3 is 6.09 Å². The van der Waals surface area contributed by atoms with Crippen molar-refractivity contribution in [3.8, 4) is 0 Å². The van der Waals surface area contributed by atoms with Crippen LogP contribution in [0.1, 0.15) is 45.2 Å². The summed E-state index contributed by atoms with van der Waals surface area (Å²) in [7, 11) is 0. The Bertz CT molecular complexity index is 720. The molecule has 3 heterocycles. The van der Waals surface area contributed by atoms with Crippen LogP contribution in [-0.2, 0) is 4.74 Å². The van der Waals surface area contributed by atoms with Gasteiger partial charge in [-0.05, 0) is 51.8 Å². The zero-order valence-electron chi connectivity index (χ0n) is 13.7. The maximum atomic E-state index is 12.3. The molecule has 6 heteroatoms. The van der Waals surface area contributed by atoms with Gasteiger partial charge in [0, 0.05) is 30.1 Å². The van der Waals surface area contributed by atoms with Crippen LogP contribution in [0.15, 0.2) is 18.2 Å².